The third kappa shape index (κ3) is 5.77. The minimum Gasteiger partial charge on any atom is -0.424 e. The fraction of sp³-hybridized carbons (Fsp3) is 0.200. The molecule has 0 bridgehead atoms. The van der Waals surface area contributed by atoms with Gasteiger partial charge in [-0.25, -0.2) is 0 Å². The number of nitrogens with zero attached hydrogens (tertiary/aromatic N) is 5. The number of thiophene rings is 1. The van der Waals surface area contributed by atoms with Crippen molar-refractivity contribution in [2.24, 2.45) is 0 Å². The molecule has 0 aliphatic carbocycles. The van der Waals surface area contributed by atoms with E-state index in [9.17, 15) is 0 Å². The summed E-state index contributed by atoms with van der Waals surface area (Å²) in [7, 11) is 0. The molecule has 2 aromatic carbocycles. The summed E-state index contributed by atoms with van der Waals surface area (Å²) in [4.78, 5) is 1.28. The van der Waals surface area contributed by atoms with Gasteiger partial charge in [0, 0.05) is 17.8 Å². The van der Waals surface area contributed by atoms with E-state index in [-0.39, 0.29) is 0 Å². The van der Waals surface area contributed by atoms with E-state index in [2.05, 4.69) is 78.9 Å². The molecule has 8 heteroatoms. The van der Waals surface area contributed by atoms with Crippen LogP contribution in [0.15, 0.2) is 87.8 Å². The van der Waals surface area contributed by atoms with Crippen LogP contribution < -0.4 is 0 Å². The summed E-state index contributed by atoms with van der Waals surface area (Å²) in [6.07, 6.45) is 2.34. The van der Waals surface area contributed by atoms with E-state index in [0.717, 1.165) is 35.9 Å². The molecule has 6 nitrogen and oxygen atoms in total. The smallest absolute Gasteiger partial charge is 0.226 e. The molecule has 3 heterocycles. The molecule has 3 aromatic heterocycles. The lowest BCUT2D eigenvalue weighted by atomic mass is 10.1. The van der Waals surface area contributed by atoms with Crippen LogP contribution in [0.5, 0.6) is 0 Å². The minimum absolute atomic E-state index is 0.560. The summed E-state index contributed by atoms with van der Waals surface area (Å²) in [6.45, 7) is 0.823. The summed E-state index contributed by atoms with van der Waals surface area (Å²) in [5.41, 5.74) is 2.45. The maximum absolute atomic E-state index is 5.87. The van der Waals surface area contributed by atoms with Crippen molar-refractivity contribution in [3.05, 3.63) is 112 Å². The third-order valence-corrected chi connectivity index (χ3v) is 7.03. The molecule has 0 radical (unpaired) electrons. The highest BCUT2D eigenvalue weighted by Gasteiger charge is 2.16. The molecule has 0 aliphatic rings. The molecule has 0 N–H and O–H groups in total. The van der Waals surface area contributed by atoms with Crippen molar-refractivity contribution in [2.45, 2.75) is 36.7 Å². The van der Waals surface area contributed by atoms with Crippen LogP contribution in [-0.2, 0) is 31.6 Å². The summed E-state index contributed by atoms with van der Waals surface area (Å²) in [6, 6.07) is 24.9. The summed E-state index contributed by atoms with van der Waals surface area (Å²) in [5.74, 6) is 2.76. The van der Waals surface area contributed by atoms with Crippen LogP contribution in [-0.4, -0.2) is 25.0 Å². The third-order valence-electron chi connectivity index (χ3n) is 5.20. The van der Waals surface area contributed by atoms with Gasteiger partial charge in [-0.1, -0.05) is 78.5 Å². The quantitative estimate of drug-likeness (QED) is 0.252. The van der Waals surface area contributed by atoms with Gasteiger partial charge < -0.3 is 8.98 Å². The zero-order chi connectivity index (χ0) is 22.3. The van der Waals surface area contributed by atoms with E-state index in [1.54, 1.807) is 23.1 Å². The highest BCUT2D eigenvalue weighted by molar-refractivity contribution is 7.98. The van der Waals surface area contributed by atoms with Crippen molar-refractivity contribution >= 4 is 23.1 Å². The van der Waals surface area contributed by atoms with Gasteiger partial charge in [0.25, 0.3) is 0 Å². The molecule has 0 unspecified atom stereocenters. The van der Waals surface area contributed by atoms with Crippen molar-refractivity contribution in [1.82, 2.24) is 25.0 Å². The van der Waals surface area contributed by atoms with Crippen LogP contribution in [0.2, 0.25) is 0 Å². The van der Waals surface area contributed by atoms with Gasteiger partial charge in [-0.2, -0.15) is 0 Å². The Morgan fingerprint density at radius 2 is 1.52 bits per heavy atom. The number of rotatable bonds is 10. The summed E-state index contributed by atoms with van der Waals surface area (Å²) >= 11 is 3.33. The van der Waals surface area contributed by atoms with Crippen LogP contribution in [0, 0.1) is 0 Å². The van der Waals surface area contributed by atoms with E-state index in [1.165, 1.54) is 10.4 Å². The second-order valence-corrected chi connectivity index (χ2v) is 9.56. The van der Waals surface area contributed by atoms with Crippen molar-refractivity contribution < 1.29 is 4.42 Å². The van der Waals surface area contributed by atoms with E-state index >= 15 is 0 Å². The Bertz CT molecular complexity index is 1270. The maximum atomic E-state index is 5.87. The van der Waals surface area contributed by atoms with Crippen LogP contribution in [0.25, 0.3) is 0 Å². The van der Waals surface area contributed by atoms with Crippen LogP contribution >= 0.6 is 23.1 Å². The van der Waals surface area contributed by atoms with Gasteiger partial charge in [0.1, 0.15) is 5.82 Å². The maximum Gasteiger partial charge on any atom is 0.226 e. The first-order valence-corrected chi connectivity index (χ1v) is 12.7. The number of thioether (sulfide) groups is 1. The molecule has 0 amide bonds. The van der Waals surface area contributed by atoms with E-state index in [0.29, 0.717) is 24.0 Å². The molecule has 33 heavy (non-hydrogen) atoms. The Morgan fingerprint density at radius 3 is 2.27 bits per heavy atom. The Balaban J connectivity index is 1.28. The SMILES string of the molecule is c1ccc(CCn2c(Cc3cccs3)nnc2SCc2nnc(Cc3ccccc3)o2)cc1. The predicted octanol–water partition coefficient (Wildman–Crippen LogP) is 5.44. The molecule has 166 valence electrons. The topological polar surface area (TPSA) is 69.6 Å². The lowest BCUT2D eigenvalue weighted by molar-refractivity contribution is 0.473. The number of hydrogen-bond acceptors (Lipinski definition) is 7. The molecular weight excluding hydrogens is 450 g/mol. The number of aryl methyl sites for hydroxylation is 1. The molecule has 5 rings (SSSR count). The summed E-state index contributed by atoms with van der Waals surface area (Å²) < 4.78 is 8.09. The van der Waals surface area contributed by atoms with E-state index in [4.69, 9.17) is 4.42 Å². The summed E-state index contributed by atoms with van der Waals surface area (Å²) in [5, 5.41) is 20.4. The molecular formula is C25H23N5OS2. The standard InChI is InChI=1S/C25H23N5OS2/c1-3-8-19(9-4-1)13-14-30-22(17-21-12-7-15-32-21)26-29-25(30)33-18-24-28-27-23(31-24)16-20-10-5-2-6-11-20/h1-12,15H,13-14,16-18H2. The predicted molar refractivity (Wildman–Crippen MR) is 130 cm³/mol. The average molecular weight is 474 g/mol. The van der Waals surface area contributed by atoms with Gasteiger partial charge in [-0.05, 0) is 29.0 Å². The normalized spacial score (nSPS) is 11.2. The second-order valence-electron chi connectivity index (χ2n) is 7.58. The van der Waals surface area contributed by atoms with Gasteiger partial charge in [-0.15, -0.1) is 31.7 Å². The average Bonchev–Trinajstić information content (AvgIpc) is 3.60. The van der Waals surface area contributed by atoms with Crippen molar-refractivity contribution in [3.8, 4) is 0 Å². The molecule has 0 saturated carbocycles. The highest BCUT2D eigenvalue weighted by Crippen LogP contribution is 2.24. The van der Waals surface area contributed by atoms with Crippen LogP contribution in [0.4, 0.5) is 0 Å². The van der Waals surface area contributed by atoms with E-state index < -0.39 is 0 Å². The zero-order valence-corrected chi connectivity index (χ0v) is 19.6. The van der Waals surface area contributed by atoms with Gasteiger partial charge in [-0.3, -0.25) is 0 Å². The van der Waals surface area contributed by atoms with Crippen molar-refractivity contribution in [3.63, 3.8) is 0 Å². The van der Waals surface area contributed by atoms with Gasteiger partial charge in [0.2, 0.25) is 11.8 Å². The first kappa shape index (κ1) is 21.6. The van der Waals surface area contributed by atoms with Gasteiger partial charge in [0.15, 0.2) is 5.16 Å². The Kier molecular flexibility index (Phi) is 6.93. The molecule has 0 atom stereocenters. The number of benzene rings is 2. The molecule has 0 saturated heterocycles. The zero-order valence-electron chi connectivity index (χ0n) is 18.0. The first-order chi connectivity index (χ1) is 16.3. The largest absolute Gasteiger partial charge is 0.424 e. The minimum atomic E-state index is 0.560. The fourth-order valence-corrected chi connectivity index (χ4v) is 5.07. The molecule has 5 aromatic rings. The Labute approximate surface area is 200 Å². The lowest BCUT2D eigenvalue weighted by Gasteiger charge is -2.09. The fourth-order valence-electron chi connectivity index (χ4n) is 3.55. The van der Waals surface area contributed by atoms with Gasteiger partial charge >= 0.3 is 0 Å². The van der Waals surface area contributed by atoms with Crippen LogP contribution in [0.3, 0.4) is 0 Å². The monoisotopic (exact) mass is 473 g/mol. The number of hydrogen-bond donors (Lipinski definition) is 0. The van der Waals surface area contributed by atoms with E-state index in [1.807, 2.05) is 24.3 Å². The van der Waals surface area contributed by atoms with Crippen molar-refractivity contribution in [1.29, 1.82) is 0 Å². The molecule has 0 fully saturated rings. The first-order valence-electron chi connectivity index (χ1n) is 10.8. The Hall–Kier alpha value is -3.23. The van der Waals surface area contributed by atoms with Crippen LogP contribution in [0.1, 0.15) is 33.6 Å². The Morgan fingerprint density at radius 1 is 0.758 bits per heavy atom. The second kappa shape index (κ2) is 10.6. The molecule has 0 spiro atoms. The highest BCUT2D eigenvalue weighted by atomic mass is 32.2. The van der Waals surface area contributed by atoms with Gasteiger partial charge in [0.05, 0.1) is 12.2 Å². The lowest BCUT2D eigenvalue weighted by Crippen LogP contribution is -2.08. The molecule has 0 aliphatic heterocycles. The van der Waals surface area contributed by atoms with Crippen molar-refractivity contribution in [2.75, 3.05) is 0 Å². The number of aromatic nitrogens is 5.